The van der Waals surface area contributed by atoms with Crippen LogP contribution in [0.2, 0.25) is 0 Å². The molecule has 0 aliphatic heterocycles. The summed E-state index contributed by atoms with van der Waals surface area (Å²) >= 11 is 1.46. The minimum Gasteiger partial charge on any atom is -0.485 e. The smallest absolute Gasteiger partial charge is 0.254 e. The number of carbonyl (C=O) groups is 2. The molecule has 3 rings (SSSR count). The average Bonchev–Trinajstić information content (AvgIpc) is 3.21. The maximum absolute atomic E-state index is 13.6. The summed E-state index contributed by atoms with van der Waals surface area (Å²) in [6.45, 7) is 0.263. The fraction of sp³-hybridized carbons (Fsp3) is 0.150. The molecule has 3 aromatic rings. The van der Waals surface area contributed by atoms with E-state index in [1.807, 2.05) is 5.38 Å². The Morgan fingerprint density at radius 1 is 1.14 bits per heavy atom. The van der Waals surface area contributed by atoms with Crippen LogP contribution in [0.5, 0.6) is 5.75 Å². The molecule has 0 radical (unpaired) electrons. The molecule has 0 aliphatic rings. The quantitative estimate of drug-likeness (QED) is 0.585. The van der Waals surface area contributed by atoms with Gasteiger partial charge >= 0.3 is 0 Å². The Hall–Kier alpha value is -3.33. The van der Waals surface area contributed by atoms with Crippen LogP contribution in [0.1, 0.15) is 22.5 Å². The highest BCUT2D eigenvalue weighted by Crippen LogP contribution is 2.24. The number of ether oxygens (including phenoxy) is 1. The Bertz CT molecular complexity index is 996. The van der Waals surface area contributed by atoms with E-state index in [4.69, 9.17) is 4.74 Å². The fourth-order valence-electron chi connectivity index (χ4n) is 2.43. The monoisotopic (exact) mass is 417 g/mol. The number of anilines is 1. The number of hydrogen-bond acceptors (Lipinski definition) is 5. The predicted octanol–water partition coefficient (Wildman–Crippen LogP) is 3.76. The van der Waals surface area contributed by atoms with Crippen molar-refractivity contribution in [1.82, 2.24) is 10.3 Å². The van der Waals surface area contributed by atoms with Crippen LogP contribution in [0, 0.1) is 11.6 Å². The predicted molar refractivity (Wildman–Crippen MR) is 105 cm³/mol. The van der Waals surface area contributed by atoms with Gasteiger partial charge in [0.25, 0.3) is 5.91 Å². The van der Waals surface area contributed by atoms with Crippen LogP contribution in [0.4, 0.5) is 14.5 Å². The minimum atomic E-state index is -0.960. The number of hydrogen-bond donors (Lipinski definition) is 2. The summed E-state index contributed by atoms with van der Waals surface area (Å²) in [6, 6.07) is 9.63. The Kier molecular flexibility index (Phi) is 6.85. The van der Waals surface area contributed by atoms with Crippen LogP contribution >= 0.6 is 11.3 Å². The molecule has 1 heterocycles. The number of nitrogens with one attached hydrogen (secondary N) is 2. The molecular formula is C20H17F2N3O3S. The standard InChI is InChI=1S/C20H17F2N3O3S/c21-13-5-6-15(16(22)9-13)20(27)23-8-7-19(26)25-17-3-1-2-4-18(17)28-10-14-11-29-12-24-14/h1-6,9,11-12H,7-8,10H2,(H,23,27)(H,25,26). The Labute approximate surface area is 169 Å². The lowest BCUT2D eigenvalue weighted by Crippen LogP contribution is -2.28. The van der Waals surface area contributed by atoms with E-state index in [1.165, 1.54) is 11.3 Å². The van der Waals surface area contributed by atoms with Crippen molar-refractivity contribution in [3.63, 3.8) is 0 Å². The zero-order chi connectivity index (χ0) is 20.6. The number of halogens is 2. The van der Waals surface area contributed by atoms with E-state index in [9.17, 15) is 18.4 Å². The number of amides is 2. The molecule has 0 saturated heterocycles. The Morgan fingerprint density at radius 3 is 2.72 bits per heavy atom. The van der Waals surface area contributed by atoms with Crippen molar-refractivity contribution in [3.8, 4) is 5.75 Å². The summed E-state index contributed by atoms with van der Waals surface area (Å²) in [6.07, 6.45) is -0.0328. The first-order valence-corrected chi connectivity index (χ1v) is 9.59. The van der Waals surface area contributed by atoms with Gasteiger partial charge in [-0.05, 0) is 24.3 Å². The van der Waals surface area contributed by atoms with Gasteiger partial charge in [0.15, 0.2) is 0 Å². The molecule has 150 valence electrons. The molecule has 29 heavy (non-hydrogen) atoms. The van der Waals surface area contributed by atoms with Crippen molar-refractivity contribution in [2.24, 2.45) is 0 Å². The van der Waals surface area contributed by atoms with Gasteiger partial charge in [-0.1, -0.05) is 12.1 Å². The second kappa shape index (κ2) is 9.74. The number of rotatable bonds is 8. The van der Waals surface area contributed by atoms with Crippen LogP contribution in [-0.2, 0) is 11.4 Å². The lowest BCUT2D eigenvalue weighted by molar-refractivity contribution is -0.116. The highest BCUT2D eigenvalue weighted by molar-refractivity contribution is 7.07. The van der Waals surface area contributed by atoms with E-state index in [2.05, 4.69) is 15.6 Å². The summed E-state index contributed by atoms with van der Waals surface area (Å²) < 4.78 is 32.2. The van der Waals surface area contributed by atoms with Crippen molar-refractivity contribution >= 4 is 28.8 Å². The molecule has 2 N–H and O–H groups in total. The number of carbonyl (C=O) groups excluding carboxylic acids is 2. The normalized spacial score (nSPS) is 10.4. The van der Waals surface area contributed by atoms with Crippen molar-refractivity contribution < 1.29 is 23.1 Å². The van der Waals surface area contributed by atoms with Gasteiger partial charge in [0.1, 0.15) is 24.0 Å². The first-order valence-electron chi connectivity index (χ1n) is 8.65. The van der Waals surface area contributed by atoms with Gasteiger partial charge in [0.05, 0.1) is 22.5 Å². The molecule has 1 aromatic heterocycles. The molecule has 6 nitrogen and oxygen atoms in total. The number of thiazole rings is 1. The largest absolute Gasteiger partial charge is 0.485 e. The lowest BCUT2D eigenvalue weighted by atomic mass is 10.2. The summed E-state index contributed by atoms with van der Waals surface area (Å²) in [5.74, 6) is -2.31. The number of nitrogens with zero attached hydrogens (tertiary/aromatic N) is 1. The van der Waals surface area contributed by atoms with Gasteiger partial charge in [0, 0.05) is 24.4 Å². The molecule has 0 fully saturated rings. The van der Waals surface area contributed by atoms with E-state index in [1.54, 1.807) is 29.8 Å². The van der Waals surface area contributed by atoms with Crippen molar-refractivity contribution in [2.45, 2.75) is 13.0 Å². The number of para-hydroxylation sites is 2. The van der Waals surface area contributed by atoms with Crippen molar-refractivity contribution in [2.75, 3.05) is 11.9 Å². The lowest BCUT2D eigenvalue weighted by Gasteiger charge is -2.12. The van der Waals surface area contributed by atoms with E-state index >= 15 is 0 Å². The first kappa shape index (κ1) is 20.4. The topological polar surface area (TPSA) is 80.3 Å². The van der Waals surface area contributed by atoms with Gasteiger partial charge in [-0.15, -0.1) is 11.3 Å². The van der Waals surface area contributed by atoms with Crippen LogP contribution in [0.3, 0.4) is 0 Å². The fourth-order valence-corrected chi connectivity index (χ4v) is 2.97. The second-order valence-electron chi connectivity index (χ2n) is 5.94. The van der Waals surface area contributed by atoms with Gasteiger partial charge in [-0.3, -0.25) is 9.59 Å². The molecule has 0 saturated carbocycles. The van der Waals surface area contributed by atoms with Gasteiger partial charge < -0.3 is 15.4 Å². The van der Waals surface area contributed by atoms with E-state index in [-0.39, 0.29) is 31.0 Å². The number of benzene rings is 2. The van der Waals surface area contributed by atoms with E-state index < -0.39 is 17.5 Å². The zero-order valence-electron chi connectivity index (χ0n) is 15.2. The Morgan fingerprint density at radius 2 is 1.97 bits per heavy atom. The van der Waals surface area contributed by atoms with E-state index in [0.29, 0.717) is 17.5 Å². The third-order valence-corrected chi connectivity index (χ3v) is 4.47. The van der Waals surface area contributed by atoms with Crippen molar-refractivity contribution in [1.29, 1.82) is 0 Å². The highest BCUT2D eigenvalue weighted by Gasteiger charge is 2.13. The molecule has 0 aliphatic carbocycles. The summed E-state index contributed by atoms with van der Waals surface area (Å²) in [7, 11) is 0. The third kappa shape index (κ3) is 5.82. The van der Waals surface area contributed by atoms with E-state index in [0.717, 1.165) is 17.8 Å². The molecule has 2 aromatic carbocycles. The molecule has 0 spiro atoms. The van der Waals surface area contributed by atoms with Gasteiger partial charge in [-0.25, -0.2) is 13.8 Å². The molecular weight excluding hydrogens is 400 g/mol. The zero-order valence-corrected chi connectivity index (χ0v) is 16.0. The Balaban J connectivity index is 1.50. The van der Waals surface area contributed by atoms with Crippen LogP contribution in [-0.4, -0.2) is 23.3 Å². The molecule has 9 heteroatoms. The van der Waals surface area contributed by atoms with Crippen LogP contribution in [0.25, 0.3) is 0 Å². The van der Waals surface area contributed by atoms with Gasteiger partial charge in [-0.2, -0.15) is 0 Å². The molecule has 0 unspecified atom stereocenters. The maximum atomic E-state index is 13.6. The molecule has 2 amide bonds. The number of aromatic nitrogens is 1. The van der Waals surface area contributed by atoms with Crippen molar-refractivity contribution in [3.05, 3.63) is 76.2 Å². The maximum Gasteiger partial charge on any atom is 0.254 e. The molecule has 0 atom stereocenters. The summed E-state index contributed by atoms with van der Waals surface area (Å²) in [5, 5.41) is 7.02. The van der Waals surface area contributed by atoms with Crippen LogP contribution in [0.15, 0.2) is 53.4 Å². The van der Waals surface area contributed by atoms with Crippen LogP contribution < -0.4 is 15.4 Å². The summed E-state index contributed by atoms with van der Waals surface area (Å²) in [5.41, 5.74) is 2.70. The second-order valence-corrected chi connectivity index (χ2v) is 6.66. The van der Waals surface area contributed by atoms with Gasteiger partial charge in [0.2, 0.25) is 5.91 Å². The SMILES string of the molecule is O=C(CCNC(=O)c1ccc(F)cc1F)Nc1ccccc1OCc1cscn1. The minimum absolute atomic E-state index is 0.0106. The summed E-state index contributed by atoms with van der Waals surface area (Å²) in [4.78, 5) is 28.2. The third-order valence-electron chi connectivity index (χ3n) is 3.83. The first-order chi connectivity index (χ1) is 14.0. The average molecular weight is 417 g/mol. The highest BCUT2D eigenvalue weighted by atomic mass is 32.1. The molecule has 0 bridgehead atoms.